The zero-order valence-corrected chi connectivity index (χ0v) is 36.6. The lowest BCUT2D eigenvalue weighted by molar-refractivity contribution is 0.0988. The Morgan fingerprint density at radius 3 is 1.42 bits per heavy atom. The second-order valence-electron chi connectivity index (χ2n) is 17.2. The van der Waals surface area contributed by atoms with Crippen LogP contribution < -0.4 is 9.80 Å². The smallest absolute Gasteiger partial charge is 0.197 e. The summed E-state index contributed by atoms with van der Waals surface area (Å²) < 4.78 is 0. The summed E-state index contributed by atoms with van der Waals surface area (Å²) in [5.74, 6) is 1.26. The van der Waals surface area contributed by atoms with Crippen LogP contribution in [0.4, 0.5) is 23.0 Å². The van der Waals surface area contributed by atoms with Gasteiger partial charge in [-0.15, -0.1) is 0 Å². The fourth-order valence-corrected chi connectivity index (χ4v) is 9.19. The first kappa shape index (κ1) is 40.6. The number of hydrogen-bond acceptors (Lipinski definition) is 8. The van der Waals surface area contributed by atoms with E-state index < -0.39 is 0 Å². The zero-order valence-electron chi connectivity index (χ0n) is 36.6. The first-order valence-electron chi connectivity index (χ1n) is 21.7. The van der Waals surface area contributed by atoms with Crippen molar-refractivity contribution in [1.82, 2.24) is 9.97 Å². The van der Waals surface area contributed by atoms with Crippen LogP contribution in [0.3, 0.4) is 0 Å². The number of ketones is 2. The summed E-state index contributed by atoms with van der Waals surface area (Å²) in [6.45, 7) is 10.8. The molecular weight excluding hydrogens is 801 g/mol. The maximum Gasteiger partial charge on any atom is 0.197 e. The molecule has 7 aromatic carbocycles. The Morgan fingerprint density at radius 1 is 0.523 bits per heavy atom. The molecule has 0 fully saturated rings. The third-order valence-corrected chi connectivity index (χ3v) is 12.4. The van der Waals surface area contributed by atoms with E-state index in [0.717, 1.165) is 61.1 Å². The molecule has 1 aliphatic carbocycles. The number of carbonyl (C=O) groups is 2. The predicted molar refractivity (Wildman–Crippen MR) is 259 cm³/mol. The van der Waals surface area contributed by atoms with Gasteiger partial charge in [0, 0.05) is 22.3 Å². The van der Waals surface area contributed by atoms with Gasteiger partial charge in [-0.2, -0.15) is 10.5 Å². The van der Waals surface area contributed by atoms with Crippen molar-refractivity contribution in [3.8, 4) is 34.4 Å². The molecule has 65 heavy (non-hydrogen) atoms. The van der Waals surface area contributed by atoms with E-state index in [1.165, 1.54) is 0 Å². The number of carbonyl (C=O) groups excluding carboxylic acids is 2. The number of hydrogen-bond donors (Lipinski definition) is 0. The van der Waals surface area contributed by atoms with Crippen LogP contribution in [0.25, 0.3) is 44.1 Å². The Labute approximate surface area is 377 Å². The SMILES string of the molecule is Cc1cc(-c2ccc(C#N)cc2)c(N2/C(=C/C=C3C(=O)c4cc5ccccc5cc4C3=O)N(c3c(C(C)C)cccc3C(C)C)c3nc4ccccc4nc32)c(-c2ccc(C#N)cc2)c1. The molecule has 0 atom stereocenters. The van der Waals surface area contributed by atoms with Gasteiger partial charge in [0.2, 0.25) is 0 Å². The molecular formula is C57H42N6O2. The van der Waals surface area contributed by atoms with Gasteiger partial charge in [-0.3, -0.25) is 19.4 Å². The Balaban J connectivity index is 1.34. The summed E-state index contributed by atoms with van der Waals surface area (Å²) in [6, 6.07) is 49.4. The van der Waals surface area contributed by atoms with Gasteiger partial charge in [-0.25, -0.2) is 9.97 Å². The minimum Gasteiger partial charge on any atom is -0.288 e. The van der Waals surface area contributed by atoms with E-state index in [0.29, 0.717) is 50.7 Å². The molecule has 2 aliphatic rings. The zero-order chi connectivity index (χ0) is 45.1. The third-order valence-electron chi connectivity index (χ3n) is 12.4. The number of para-hydroxylation sites is 3. The molecule has 2 heterocycles. The molecule has 10 rings (SSSR count). The highest BCUT2D eigenvalue weighted by molar-refractivity contribution is 6.40. The highest BCUT2D eigenvalue weighted by atomic mass is 16.2. The van der Waals surface area contributed by atoms with Gasteiger partial charge in [0.25, 0.3) is 0 Å². The number of aromatic nitrogens is 2. The maximum atomic E-state index is 14.4. The summed E-state index contributed by atoms with van der Waals surface area (Å²) in [7, 11) is 0. The normalized spacial score (nSPS) is 13.9. The first-order chi connectivity index (χ1) is 31.5. The number of benzene rings is 7. The van der Waals surface area contributed by atoms with Crippen LogP contribution in [0.15, 0.2) is 163 Å². The monoisotopic (exact) mass is 842 g/mol. The van der Waals surface area contributed by atoms with Crippen molar-refractivity contribution in [2.75, 3.05) is 9.80 Å². The van der Waals surface area contributed by atoms with E-state index in [2.05, 4.69) is 86.9 Å². The molecule has 0 saturated carbocycles. The average Bonchev–Trinajstić information content (AvgIpc) is 3.75. The fourth-order valence-electron chi connectivity index (χ4n) is 9.19. The summed E-state index contributed by atoms with van der Waals surface area (Å²) in [5.41, 5.74) is 11.6. The number of fused-ring (bicyclic) bond motifs is 4. The van der Waals surface area contributed by atoms with Crippen LogP contribution in [0.5, 0.6) is 0 Å². The van der Waals surface area contributed by atoms with Gasteiger partial charge in [0.05, 0.1) is 51.2 Å². The van der Waals surface area contributed by atoms with E-state index in [-0.39, 0.29) is 29.0 Å². The van der Waals surface area contributed by atoms with Crippen LogP contribution in [0, 0.1) is 29.6 Å². The van der Waals surface area contributed by atoms with Crippen molar-refractivity contribution in [3.05, 3.63) is 202 Å². The third kappa shape index (κ3) is 6.84. The number of nitrogens with zero attached hydrogens (tertiary/aromatic N) is 6. The summed E-state index contributed by atoms with van der Waals surface area (Å²) in [5, 5.41) is 21.4. The number of allylic oxidation sites excluding steroid dienone is 3. The minimum atomic E-state index is -0.333. The number of nitriles is 2. The summed E-state index contributed by atoms with van der Waals surface area (Å²) >= 11 is 0. The molecule has 1 aliphatic heterocycles. The second-order valence-corrected chi connectivity index (χ2v) is 17.2. The average molecular weight is 843 g/mol. The van der Waals surface area contributed by atoms with E-state index in [4.69, 9.17) is 9.97 Å². The van der Waals surface area contributed by atoms with Crippen molar-refractivity contribution in [2.24, 2.45) is 0 Å². The molecule has 0 amide bonds. The highest BCUT2D eigenvalue weighted by Gasteiger charge is 2.42. The lowest BCUT2D eigenvalue weighted by Gasteiger charge is -2.32. The Hall–Kier alpha value is -8.46. The van der Waals surface area contributed by atoms with Crippen molar-refractivity contribution < 1.29 is 9.59 Å². The summed E-state index contributed by atoms with van der Waals surface area (Å²) in [6.07, 6.45) is 3.54. The standard InChI is InChI=1S/C57H42N6O2/c1-33(2)42-13-10-14-43(34(3)4)52(42)62-51(26-25-44-54(64)47-29-40-11-6-7-12-41(40)30-48(47)55(44)65)63(57-56(62)60-49-15-8-9-16-50(49)61-57)53-45(38-21-17-36(31-58)18-22-38)27-35(5)28-46(53)39-23-19-37(32-59)20-24-39/h6-30,33-34H,1-5H3/b51-26+. The maximum absolute atomic E-state index is 14.4. The molecule has 8 aromatic rings. The van der Waals surface area contributed by atoms with Crippen LogP contribution in [-0.4, -0.2) is 21.5 Å². The molecule has 8 heteroatoms. The van der Waals surface area contributed by atoms with Gasteiger partial charge < -0.3 is 0 Å². The van der Waals surface area contributed by atoms with Gasteiger partial charge in [-0.05, 0) is 130 Å². The quantitative estimate of drug-likeness (QED) is 0.115. The topological polar surface area (TPSA) is 114 Å². The van der Waals surface area contributed by atoms with Crippen LogP contribution in [-0.2, 0) is 0 Å². The first-order valence-corrected chi connectivity index (χ1v) is 21.7. The largest absolute Gasteiger partial charge is 0.288 e. The molecule has 0 radical (unpaired) electrons. The fraction of sp³-hybridized carbons (Fsp3) is 0.123. The van der Waals surface area contributed by atoms with Crippen LogP contribution in [0.2, 0.25) is 0 Å². The Morgan fingerprint density at radius 2 is 0.969 bits per heavy atom. The molecule has 1 aromatic heterocycles. The summed E-state index contributed by atoms with van der Waals surface area (Å²) in [4.78, 5) is 44.0. The van der Waals surface area contributed by atoms with E-state index >= 15 is 0 Å². The Bertz CT molecular complexity index is 3300. The number of anilines is 4. The molecule has 0 saturated heterocycles. The lowest BCUT2D eigenvalue weighted by atomic mass is 9.91. The lowest BCUT2D eigenvalue weighted by Crippen LogP contribution is -2.25. The second kappa shape index (κ2) is 16.0. The molecule has 312 valence electrons. The van der Waals surface area contributed by atoms with Gasteiger partial charge in [0.15, 0.2) is 23.2 Å². The number of Topliss-reactive ketones (excluding diaryl/α,β-unsaturated/α-hetero) is 2. The molecule has 0 bridgehead atoms. The predicted octanol–water partition coefficient (Wildman–Crippen LogP) is 13.6. The number of rotatable bonds is 7. The van der Waals surface area contributed by atoms with Crippen molar-refractivity contribution in [3.63, 3.8) is 0 Å². The highest BCUT2D eigenvalue weighted by Crippen LogP contribution is 2.55. The number of aryl methyl sites for hydroxylation is 1. The molecule has 0 N–H and O–H groups in total. The van der Waals surface area contributed by atoms with Gasteiger partial charge >= 0.3 is 0 Å². The minimum absolute atomic E-state index is 0.0644. The molecule has 0 unspecified atom stereocenters. The van der Waals surface area contributed by atoms with Crippen molar-refractivity contribution >= 4 is 56.4 Å². The van der Waals surface area contributed by atoms with E-state index in [1.54, 1.807) is 6.08 Å². The van der Waals surface area contributed by atoms with Gasteiger partial charge in [0.1, 0.15) is 5.82 Å². The van der Waals surface area contributed by atoms with Crippen LogP contribution >= 0.6 is 0 Å². The Kier molecular flexibility index (Phi) is 10.0. The van der Waals surface area contributed by atoms with E-state index in [1.807, 2.05) is 115 Å². The van der Waals surface area contributed by atoms with Crippen LogP contribution in [0.1, 0.15) is 88.1 Å². The van der Waals surface area contributed by atoms with Gasteiger partial charge in [-0.1, -0.05) is 107 Å². The van der Waals surface area contributed by atoms with Crippen molar-refractivity contribution in [1.29, 1.82) is 10.5 Å². The van der Waals surface area contributed by atoms with E-state index in [9.17, 15) is 20.1 Å². The van der Waals surface area contributed by atoms with Crippen molar-refractivity contribution in [2.45, 2.75) is 46.5 Å². The molecule has 8 nitrogen and oxygen atoms in total. The molecule has 0 spiro atoms.